The summed E-state index contributed by atoms with van der Waals surface area (Å²) in [7, 11) is 0. The quantitative estimate of drug-likeness (QED) is 0.134. The van der Waals surface area contributed by atoms with Crippen LogP contribution in [0.5, 0.6) is 0 Å². The summed E-state index contributed by atoms with van der Waals surface area (Å²) in [5.41, 5.74) is 10.5. The Hall–Kier alpha value is -3.26. The van der Waals surface area contributed by atoms with Crippen molar-refractivity contribution >= 4 is 35.6 Å². The largest absolute Gasteiger partial charge is 0.481 e. The number of nitrogens with two attached hydrogens (primary N) is 2. The first kappa shape index (κ1) is 25.7. The lowest BCUT2D eigenvalue weighted by Gasteiger charge is -2.22. The Bertz CT molecular complexity index is 640. The van der Waals surface area contributed by atoms with E-state index in [9.17, 15) is 33.9 Å². The molecule has 0 heterocycles. The van der Waals surface area contributed by atoms with E-state index in [0.29, 0.717) is 0 Å². The molecule has 10 N–H and O–H groups in total. The summed E-state index contributed by atoms with van der Waals surface area (Å²) in [5.74, 6) is -6.14. The van der Waals surface area contributed by atoms with Crippen LogP contribution in [0.15, 0.2) is 0 Å². The zero-order valence-electron chi connectivity index (χ0n) is 15.4. The van der Waals surface area contributed by atoms with Crippen LogP contribution in [0.1, 0.15) is 25.7 Å². The summed E-state index contributed by atoms with van der Waals surface area (Å²) in [6.45, 7) is -1.63. The zero-order valence-corrected chi connectivity index (χ0v) is 15.4. The predicted octanol–water partition coefficient (Wildman–Crippen LogP) is -4.39. The maximum atomic E-state index is 12.3. The molecule has 4 amide bonds. The van der Waals surface area contributed by atoms with E-state index in [4.69, 9.17) is 21.7 Å². The fourth-order valence-electron chi connectivity index (χ4n) is 2.00. The fraction of sp³-hybridized carbons (Fsp3) is 0.600. The van der Waals surface area contributed by atoms with Gasteiger partial charge in [0.2, 0.25) is 23.6 Å². The van der Waals surface area contributed by atoms with Gasteiger partial charge in [0.1, 0.15) is 18.6 Å². The Morgan fingerprint density at radius 3 is 1.86 bits per heavy atom. The summed E-state index contributed by atoms with van der Waals surface area (Å²) < 4.78 is 0. The molecule has 3 unspecified atom stereocenters. The fourth-order valence-corrected chi connectivity index (χ4v) is 2.00. The number of carbonyl (C=O) groups excluding carboxylic acids is 4. The van der Waals surface area contributed by atoms with Gasteiger partial charge in [0.05, 0.1) is 12.6 Å². The minimum atomic E-state index is -1.53. The van der Waals surface area contributed by atoms with Crippen LogP contribution < -0.4 is 27.4 Å². The van der Waals surface area contributed by atoms with Crippen molar-refractivity contribution in [2.24, 2.45) is 11.5 Å². The highest BCUT2D eigenvalue weighted by Gasteiger charge is 2.28. The summed E-state index contributed by atoms with van der Waals surface area (Å²) in [5, 5.41) is 32.9. The first-order valence-corrected chi connectivity index (χ1v) is 8.44. The van der Waals surface area contributed by atoms with Gasteiger partial charge in [-0.2, -0.15) is 0 Å². The van der Waals surface area contributed by atoms with E-state index < -0.39 is 73.3 Å². The lowest BCUT2D eigenvalue weighted by Crippen LogP contribution is -2.57. The van der Waals surface area contributed by atoms with Gasteiger partial charge < -0.3 is 42.7 Å². The van der Waals surface area contributed by atoms with Crippen molar-refractivity contribution in [2.45, 2.75) is 43.8 Å². The molecule has 0 saturated heterocycles. The summed E-state index contributed by atoms with van der Waals surface area (Å²) in [6.07, 6.45) is -1.15. The molecule has 0 aromatic carbocycles. The second kappa shape index (κ2) is 13.0. The van der Waals surface area contributed by atoms with Gasteiger partial charge in [0.15, 0.2) is 0 Å². The minimum Gasteiger partial charge on any atom is -0.481 e. The molecule has 0 aliphatic heterocycles. The molecule has 0 rings (SSSR count). The van der Waals surface area contributed by atoms with Crippen molar-refractivity contribution in [1.82, 2.24) is 16.0 Å². The molecule has 0 fully saturated rings. The van der Waals surface area contributed by atoms with Crippen LogP contribution in [0.4, 0.5) is 0 Å². The van der Waals surface area contributed by atoms with E-state index in [1.807, 2.05) is 5.32 Å². The van der Waals surface area contributed by atoms with Crippen molar-refractivity contribution in [2.75, 3.05) is 13.2 Å². The molecule has 3 atom stereocenters. The number of nitrogens with one attached hydrogen (secondary N) is 3. The van der Waals surface area contributed by atoms with Crippen molar-refractivity contribution < 1.29 is 44.1 Å². The van der Waals surface area contributed by atoms with Crippen LogP contribution in [0.2, 0.25) is 0 Å². The number of aliphatic hydroxyl groups excluding tert-OH is 1. The third kappa shape index (κ3) is 11.2. The van der Waals surface area contributed by atoms with E-state index in [-0.39, 0.29) is 19.3 Å². The average Bonchev–Trinajstić information content (AvgIpc) is 2.64. The maximum Gasteiger partial charge on any atom is 0.322 e. The van der Waals surface area contributed by atoms with Gasteiger partial charge in [0.25, 0.3) is 0 Å². The molecular weight excluding hydrogens is 394 g/mol. The Kier molecular flexibility index (Phi) is 11.5. The molecule has 0 aliphatic rings. The number of rotatable bonds is 14. The number of hydrogen-bond acceptors (Lipinski definition) is 8. The van der Waals surface area contributed by atoms with Gasteiger partial charge in [-0.05, 0) is 12.8 Å². The molecular formula is C15H25N5O9. The Balaban J connectivity index is 4.99. The standard InChI is InChI=1S/C15H25N5O9/c16-7(1-3-10(17)22)13(27)20-9(6-21)15(29)19-8(2-4-11(23)24)14(28)18-5-12(25)26/h7-9,21H,1-6,16H2,(H2,17,22)(H,18,28)(H,19,29)(H,20,27)(H,23,24)(H,25,26). The van der Waals surface area contributed by atoms with Crippen molar-refractivity contribution in [3.63, 3.8) is 0 Å². The number of aliphatic hydroxyl groups is 1. The molecule has 0 spiro atoms. The van der Waals surface area contributed by atoms with Crippen molar-refractivity contribution in [1.29, 1.82) is 0 Å². The predicted molar refractivity (Wildman–Crippen MR) is 94.9 cm³/mol. The lowest BCUT2D eigenvalue weighted by atomic mass is 10.1. The molecule has 14 nitrogen and oxygen atoms in total. The first-order valence-electron chi connectivity index (χ1n) is 8.44. The second-order valence-corrected chi connectivity index (χ2v) is 5.96. The van der Waals surface area contributed by atoms with Crippen LogP contribution >= 0.6 is 0 Å². The molecule has 164 valence electrons. The molecule has 29 heavy (non-hydrogen) atoms. The van der Waals surface area contributed by atoms with Crippen LogP contribution in [0.3, 0.4) is 0 Å². The number of carbonyl (C=O) groups is 6. The lowest BCUT2D eigenvalue weighted by molar-refractivity contribution is -0.140. The molecule has 0 bridgehead atoms. The van der Waals surface area contributed by atoms with Crippen LogP contribution in [0.25, 0.3) is 0 Å². The van der Waals surface area contributed by atoms with Gasteiger partial charge in [-0.25, -0.2) is 0 Å². The van der Waals surface area contributed by atoms with Crippen LogP contribution in [-0.2, 0) is 28.8 Å². The van der Waals surface area contributed by atoms with E-state index >= 15 is 0 Å². The Morgan fingerprint density at radius 1 is 0.793 bits per heavy atom. The molecule has 14 heteroatoms. The van der Waals surface area contributed by atoms with Gasteiger partial charge >= 0.3 is 11.9 Å². The zero-order chi connectivity index (χ0) is 22.6. The Morgan fingerprint density at radius 2 is 1.38 bits per heavy atom. The SMILES string of the molecule is NC(=O)CCC(N)C(=O)NC(CO)C(=O)NC(CCC(=O)O)C(=O)NCC(=O)O. The number of hydrogen-bond donors (Lipinski definition) is 8. The molecule has 0 aromatic rings. The van der Waals surface area contributed by atoms with E-state index in [1.54, 1.807) is 0 Å². The highest BCUT2D eigenvalue weighted by atomic mass is 16.4. The van der Waals surface area contributed by atoms with E-state index in [2.05, 4.69) is 10.6 Å². The van der Waals surface area contributed by atoms with Gasteiger partial charge in [0, 0.05) is 12.8 Å². The van der Waals surface area contributed by atoms with Crippen molar-refractivity contribution in [3.8, 4) is 0 Å². The van der Waals surface area contributed by atoms with Crippen LogP contribution in [0, 0.1) is 0 Å². The number of aliphatic carboxylic acids is 2. The molecule has 0 aromatic heterocycles. The smallest absolute Gasteiger partial charge is 0.322 e. The molecule has 0 saturated carbocycles. The number of primary amides is 1. The molecule has 0 radical (unpaired) electrons. The van der Waals surface area contributed by atoms with E-state index in [1.165, 1.54) is 0 Å². The topological polar surface area (TPSA) is 251 Å². The average molecular weight is 419 g/mol. The number of carboxylic acid groups (broad SMARTS) is 2. The van der Waals surface area contributed by atoms with Gasteiger partial charge in [-0.15, -0.1) is 0 Å². The second-order valence-electron chi connectivity index (χ2n) is 5.96. The number of amides is 4. The third-order valence-corrected chi connectivity index (χ3v) is 3.55. The highest BCUT2D eigenvalue weighted by molar-refractivity contribution is 5.94. The highest BCUT2D eigenvalue weighted by Crippen LogP contribution is 2.01. The Labute approximate surface area is 165 Å². The van der Waals surface area contributed by atoms with Crippen LogP contribution in [-0.4, -0.2) is 82.2 Å². The maximum absolute atomic E-state index is 12.3. The molecule has 0 aliphatic carbocycles. The third-order valence-electron chi connectivity index (χ3n) is 3.55. The van der Waals surface area contributed by atoms with E-state index in [0.717, 1.165) is 0 Å². The summed E-state index contributed by atoms with van der Waals surface area (Å²) >= 11 is 0. The summed E-state index contributed by atoms with van der Waals surface area (Å²) in [4.78, 5) is 68.1. The normalized spacial score (nSPS) is 13.4. The monoisotopic (exact) mass is 419 g/mol. The first-order chi connectivity index (χ1) is 13.5. The van der Waals surface area contributed by atoms with Gasteiger partial charge in [-0.3, -0.25) is 28.8 Å². The number of carboxylic acids is 2. The minimum absolute atomic E-state index is 0.0975. The van der Waals surface area contributed by atoms with Gasteiger partial charge in [-0.1, -0.05) is 0 Å². The van der Waals surface area contributed by atoms with Crippen molar-refractivity contribution in [3.05, 3.63) is 0 Å². The summed E-state index contributed by atoms with van der Waals surface area (Å²) in [6, 6.07) is -4.14.